The molecular formula is C23H20Cl2FN5O. The van der Waals surface area contributed by atoms with Crippen LogP contribution in [0.25, 0.3) is 22.2 Å². The molecule has 2 atom stereocenters. The lowest BCUT2D eigenvalue weighted by Crippen LogP contribution is -2.46. The van der Waals surface area contributed by atoms with Gasteiger partial charge in [0.2, 0.25) is 0 Å². The van der Waals surface area contributed by atoms with Gasteiger partial charge in [0.25, 0.3) is 0 Å². The summed E-state index contributed by atoms with van der Waals surface area (Å²) >= 11 is 12.5. The third-order valence-electron chi connectivity index (χ3n) is 5.85. The fraction of sp³-hybridized carbons (Fsp3) is 0.261. The number of nitrogens with one attached hydrogen (secondary N) is 1. The first-order valence-electron chi connectivity index (χ1n) is 10.3. The van der Waals surface area contributed by atoms with Gasteiger partial charge in [-0.1, -0.05) is 23.2 Å². The first-order chi connectivity index (χ1) is 15.4. The van der Waals surface area contributed by atoms with Gasteiger partial charge in [0, 0.05) is 53.8 Å². The highest BCUT2D eigenvalue weighted by Crippen LogP contribution is 2.36. The molecule has 0 aliphatic carbocycles. The fourth-order valence-corrected chi connectivity index (χ4v) is 4.61. The number of aromatic nitrogens is 4. The maximum Gasteiger partial charge on any atom is 0.167 e. The molecule has 9 heteroatoms. The molecule has 0 spiro atoms. The molecule has 1 N–H and O–H groups in total. The third-order valence-corrected chi connectivity index (χ3v) is 6.45. The number of fused-ring (bicyclic) bond motifs is 1. The Labute approximate surface area is 194 Å². The number of anilines is 1. The number of benzene rings is 1. The van der Waals surface area contributed by atoms with Crippen LogP contribution in [0.3, 0.4) is 0 Å². The minimum absolute atomic E-state index is 0.0792. The molecule has 164 valence electrons. The topological polar surface area (TPSA) is 66.9 Å². The Morgan fingerprint density at radius 2 is 1.97 bits per heavy atom. The van der Waals surface area contributed by atoms with Crippen molar-refractivity contribution in [1.29, 1.82) is 0 Å². The van der Waals surface area contributed by atoms with Gasteiger partial charge in [-0.15, -0.1) is 0 Å². The maximum atomic E-state index is 14.8. The Morgan fingerprint density at radius 3 is 2.59 bits per heavy atom. The number of halogens is 3. The summed E-state index contributed by atoms with van der Waals surface area (Å²) in [6, 6.07) is 7.47. The number of aromatic amines is 1. The Balaban J connectivity index is 1.47. The Bertz CT molecular complexity index is 1270. The van der Waals surface area contributed by atoms with E-state index in [2.05, 4.69) is 32.0 Å². The van der Waals surface area contributed by atoms with Gasteiger partial charge in [0.05, 0.1) is 15.6 Å². The number of pyridine rings is 2. The number of ether oxygens (including phenoxy) is 1. The van der Waals surface area contributed by atoms with Crippen molar-refractivity contribution in [3.63, 3.8) is 0 Å². The lowest BCUT2D eigenvalue weighted by Gasteiger charge is -2.39. The SMILES string of the molecule is C[C@@H]1CCN1c1ccc(-c2n[nH]c3cc(F)c(O[C@H](C)c4c(Cl)cncc4Cl)cc23)cn1. The zero-order chi connectivity index (χ0) is 22.4. The van der Waals surface area contributed by atoms with E-state index in [0.717, 1.165) is 23.3 Å². The summed E-state index contributed by atoms with van der Waals surface area (Å²) < 4.78 is 20.7. The second kappa shape index (κ2) is 8.22. The lowest BCUT2D eigenvalue weighted by molar-refractivity contribution is 0.217. The first kappa shape index (κ1) is 21.0. The van der Waals surface area contributed by atoms with Crippen LogP contribution in [0, 0.1) is 5.82 Å². The second-order valence-electron chi connectivity index (χ2n) is 7.91. The third kappa shape index (κ3) is 3.65. The van der Waals surface area contributed by atoms with E-state index >= 15 is 0 Å². The van der Waals surface area contributed by atoms with Gasteiger partial charge in [-0.05, 0) is 38.5 Å². The first-order valence-corrected chi connectivity index (χ1v) is 11.0. The standard InChI is InChI=1S/C23H20Cl2FN5O/c1-12-5-6-31(12)21-4-3-14(9-28-21)23-15-7-20(18(26)8-19(15)29-30-23)32-13(2)22-16(24)10-27-11-17(22)25/h3-4,7-13H,5-6H2,1-2H3,(H,29,30)/t12-,13-/m1/s1. The summed E-state index contributed by atoms with van der Waals surface area (Å²) in [4.78, 5) is 10.8. The zero-order valence-electron chi connectivity index (χ0n) is 17.4. The highest BCUT2D eigenvalue weighted by atomic mass is 35.5. The summed E-state index contributed by atoms with van der Waals surface area (Å²) in [6.07, 6.45) is 5.34. The van der Waals surface area contributed by atoms with Gasteiger partial charge < -0.3 is 9.64 Å². The van der Waals surface area contributed by atoms with Crippen LogP contribution in [-0.4, -0.2) is 32.8 Å². The normalized spacial score (nSPS) is 16.8. The number of nitrogens with zero attached hydrogens (tertiary/aromatic N) is 4. The van der Waals surface area contributed by atoms with E-state index in [1.165, 1.54) is 24.9 Å². The monoisotopic (exact) mass is 471 g/mol. The average Bonchev–Trinajstić information content (AvgIpc) is 3.16. The molecule has 4 aromatic rings. The molecule has 0 radical (unpaired) electrons. The van der Waals surface area contributed by atoms with Crippen LogP contribution in [0.1, 0.15) is 31.9 Å². The van der Waals surface area contributed by atoms with Gasteiger partial charge in [-0.2, -0.15) is 5.10 Å². The molecule has 1 aliphatic rings. The Kier molecular flexibility index (Phi) is 5.39. The number of rotatable bonds is 5. The van der Waals surface area contributed by atoms with Crippen molar-refractivity contribution in [1.82, 2.24) is 20.2 Å². The Morgan fingerprint density at radius 1 is 1.19 bits per heavy atom. The molecule has 4 heterocycles. The molecule has 0 unspecified atom stereocenters. The van der Waals surface area contributed by atoms with Crippen molar-refractivity contribution in [3.8, 4) is 17.0 Å². The lowest BCUT2D eigenvalue weighted by atomic mass is 10.1. The predicted octanol–water partition coefficient (Wildman–Crippen LogP) is 6.20. The van der Waals surface area contributed by atoms with Crippen molar-refractivity contribution in [3.05, 3.63) is 64.3 Å². The van der Waals surface area contributed by atoms with Crippen LogP contribution in [0.5, 0.6) is 5.75 Å². The molecule has 5 rings (SSSR count). The van der Waals surface area contributed by atoms with Gasteiger partial charge in [-0.25, -0.2) is 9.37 Å². The molecule has 0 bridgehead atoms. The fourth-order valence-electron chi connectivity index (χ4n) is 3.94. The van der Waals surface area contributed by atoms with Gasteiger partial charge in [0.15, 0.2) is 11.6 Å². The van der Waals surface area contributed by atoms with Gasteiger partial charge in [0.1, 0.15) is 17.6 Å². The molecular weight excluding hydrogens is 452 g/mol. The summed E-state index contributed by atoms with van der Waals surface area (Å²) in [5, 5.41) is 8.72. The van der Waals surface area contributed by atoms with E-state index in [0.29, 0.717) is 32.9 Å². The quantitative estimate of drug-likeness (QED) is 0.375. The average molecular weight is 472 g/mol. The molecule has 1 fully saturated rings. The van der Waals surface area contributed by atoms with E-state index in [1.807, 2.05) is 12.1 Å². The van der Waals surface area contributed by atoms with Crippen LogP contribution < -0.4 is 9.64 Å². The number of hydrogen-bond donors (Lipinski definition) is 1. The maximum absolute atomic E-state index is 14.8. The second-order valence-corrected chi connectivity index (χ2v) is 8.73. The van der Waals surface area contributed by atoms with Crippen LogP contribution in [0.15, 0.2) is 42.9 Å². The zero-order valence-corrected chi connectivity index (χ0v) is 19.0. The number of hydrogen-bond acceptors (Lipinski definition) is 5. The predicted molar refractivity (Wildman–Crippen MR) is 124 cm³/mol. The van der Waals surface area contributed by atoms with Crippen LogP contribution in [0.2, 0.25) is 10.0 Å². The summed E-state index contributed by atoms with van der Waals surface area (Å²) in [7, 11) is 0. The van der Waals surface area contributed by atoms with Crippen molar-refractivity contribution < 1.29 is 9.13 Å². The minimum Gasteiger partial charge on any atom is -0.483 e. The van der Waals surface area contributed by atoms with Crippen LogP contribution in [0.4, 0.5) is 10.2 Å². The van der Waals surface area contributed by atoms with Crippen LogP contribution >= 0.6 is 23.2 Å². The largest absolute Gasteiger partial charge is 0.483 e. The van der Waals surface area contributed by atoms with Gasteiger partial charge in [-0.3, -0.25) is 10.1 Å². The van der Waals surface area contributed by atoms with E-state index in [9.17, 15) is 4.39 Å². The van der Waals surface area contributed by atoms with Crippen molar-refractivity contribution in [2.24, 2.45) is 0 Å². The molecule has 1 aliphatic heterocycles. The summed E-state index contributed by atoms with van der Waals surface area (Å²) in [5.41, 5.74) is 2.63. The van der Waals surface area contributed by atoms with Gasteiger partial charge >= 0.3 is 0 Å². The highest BCUT2D eigenvalue weighted by Gasteiger charge is 2.25. The highest BCUT2D eigenvalue weighted by molar-refractivity contribution is 6.35. The van der Waals surface area contributed by atoms with Crippen molar-refractivity contribution in [2.75, 3.05) is 11.4 Å². The van der Waals surface area contributed by atoms with E-state index in [1.54, 1.807) is 19.2 Å². The molecule has 3 aromatic heterocycles. The molecule has 6 nitrogen and oxygen atoms in total. The van der Waals surface area contributed by atoms with Crippen LogP contribution in [-0.2, 0) is 0 Å². The molecule has 1 saturated heterocycles. The Hall–Kier alpha value is -2.90. The van der Waals surface area contributed by atoms with E-state index in [-0.39, 0.29) is 5.75 Å². The number of H-pyrrole nitrogens is 1. The molecule has 1 aromatic carbocycles. The van der Waals surface area contributed by atoms with E-state index in [4.69, 9.17) is 27.9 Å². The molecule has 0 saturated carbocycles. The smallest absolute Gasteiger partial charge is 0.167 e. The summed E-state index contributed by atoms with van der Waals surface area (Å²) in [6.45, 7) is 4.96. The molecule has 0 amide bonds. The summed E-state index contributed by atoms with van der Waals surface area (Å²) in [5.74, 6) is 0.513. The van der Waals surface area contributed by atoms with E-state index < -0.39 is 11.9 Å². The molecule has 32 heavy (non-hydrogen) atoms. The van der Waals surface area contributed by atoms with Crippen molar-refractivity contribution in [2.45, 2.75) is 32.4 Å². The van der Waals surface area contributed by atoms with Crippen molar-refractivity contribution >= 4 is 39.9 Å². The minimum atomic E-state index is -0.584.